The highest BCUT2D eigenvalue weighted by atomic mass is 16.5. The molecule has 0 aliphatic heterocycles. The van der Waals surface area contributed by atoms with Crippen molar-refractivity contribution in [2.75, 3.05) is 11.9 Å². The quantitative estimate of drug-likeness (QED) is 0.782. The first-order valence-electron chi connectivity index (χ1n) is 7.87. The zero-order valence-electron chi connectivity index (χ0n) is 13.9. The van der Waals surface area contributed by atoms with Gasteiger partial charge in [-0.25, -0.2) is 0 Å². The predicted molar refractivity (Wildman–Crippen MR) is 95.8 cm³/mol. The van der Waals surface area contributed by atoms with Gasteiger partial charge in [-0.05, 0) is 55.7 Å². The Balaban J connectivity index is 1.95. The Hall–Kier alpha value is -2.55. The molecule has 2 aromatic rings. The number of carbonyl (C=O) groups excluding carboxylic acids is 1. The molecule has 0 spiro atoms. The van der Waals surface area contributed by atoms with Crippen LogP contribution in [0.15, 0.2) is 48.5 Å². The van der Waals surface area contributed by atoms with E-state index in [1.54, 1.807) is 12.2 Å². The van der Waals surface area contributed by atoms with E-state index in [0.29, 0.717) is 6.61 Å². The SMILES string of the molecule is CCCOc1ccc(/C=C/C(=O)Nc2ccc(C)cc2C)cc1. The molecule has 0 aliphatic carbocycles. The van der Waals surface area contributed by atoms with E-state index in [2.05, 4.69) is 12.2 Å². The van der Waals surface area contributed by atoms with E-state index in [0.717, 1.165) is 29.0 Å². The van der Waals surface area contributed by atoms with Gasteiger partial charge in [-0.15, -0.1) is 0 Å². The molecule has 3 nitrogen and oxygen atoms in total. The summed E-state index contributed by atoms with van der Waals surface area (Å²) < 4.78 is 5.53. The molecular formula is C20H23NO2. The van der Waals surface area contributed by atoms with Gasteiger partial charge in [0.1, 0.15) is 5.75 Å². The average molecular weight is 309 g/mol. The molecule has 0 saturated carbocycles. The fraction of sp³-hybridized carbons (Fsp3) is 0.250. The highest BCUT2D eigenvalue weighted by Crippen LogP contribution is 2.16. The molecule has 0 heterocycles. The molecule has 0 fully saturated rings. The minimum Gasteiger partial charge on any atom is -0.494 e. The first-order chi connectivity index (χ1) is 11.1. The van der Waals surface area contributed by atoms with Crippen LogP contribution in [0.25, 0.3) is 6.08 Å². The maximum absolute atomic E-state index is 12.0. The minimum atomic E-state index is -0.136. The zero-order chi connectivity index (χ0) is 16.7. The van der Waals surface area contributed by atoms with Gasteiger partial charge in [-0.3, -0.25) is 4.79 Å². The third kappa shape index (κ3) is 5.29. The molecule has 0 atom stereocenters. The topological polar surface area (TPSA) is 38.3 Å². The minimum absolute atomic E-state index is 0.136. The van der Waals surface area contributed by atoms with Gasteiger partial charge in [0.15, 0.2) is 0 Å². The molecule has 0 aliphatic rings. The Kier molecular flexibility index (Phi) is 5.98. The predicted octanol–water partition coefficient (Wildman–Crippen LogP) is 4.74. The Morgan fingerprint density at radius 2 is 1.87 bits per heavy atom. The lowest BCUT2D eigenvalue weighted by molar-refractivity contribution is -0.111. The molecule has 1 N–H and O–H groups in total. The van der Waals surface area contributed by atoms with Gasteiger partial charge in [0.25, 0.3) is 0 Å². The van der Waals surface area contributed by atoms with E-state index in [-0.39, 0.29) is 5.91 Å². The number of amides is 1. The number of carbonyl (C=O) groups is 1. The number of hydrogen-bond acceptors (Lipinski definition) is 2. The zero-order valence-corrected chi connectivity index (χ0v) is 13.9. The van der Waals surface area contributed by atoms with Crippen molar-refractivity contribution >= 4 is 17.7 Å². The average Bonchev–Trinajstić information content (AvgIpc) is 2.54. The lowest BCUT2D eigenvalue weighted by atomic mass is 10.1. The van der Waals surface area contributed by atoms with Crippen molar-refractivity contribution < 1.29 is 9.53 Å². The number of aryl methyl sites for hydroxylation is 2. The second-order valence-electron chi connectivity index (χ2n) is 5.56. The molecule has 120 valence electrons. The lowest BCUT2D eigenvalue weighted by Gasteiger charge is -2.07. The van der Waals surface area contributed by atoms with Crippen molar-refractivity contribution in [2.24, 2.45) is 0 Å². The highest BCUT2D eigenvalue weighted by Gasteiger charge is 2.01. The Labute approximate surface area is 138 Å². The molecule has 2 rings (SSSR count). The van der Waals surface area contributed by atoms with Gasteiger partial charge >= 0.3 is 0 Å². The molecular weight excluding hydrogens is 286 g/mol. The van der Waals surface area contributed by atoms with Crippen LogP contribution in [0.4, 0.5) is 5.69 Å². The summed E-state index contributed by atoms with van der Waals surface area (Å²) in [6, 6.07) is 13.7. The van der Waals surface area contributed by atoms with Crippen LogP contribution in [-0.4, -0.2) is 12.5 Å². The summed E-state index contributed by atoms with van der Waals surface area (Å²) in [4.78, 5) is 12.0. The molecule has 0 saturated heterocycles. The summed E-state index contributed by atoms with van der Waals surface area (Å²) in [6.45, 7) is 6.81. The third-order valence-corrected chi connectivity index (χ3v) is 3.42. The van der Waals surface area contributed by atoms with Crippen LogP contribution >= 0.6 is 0 Å². The van der Waals surface area contributed by atoms with Crippen molar-refractivity contribution in [3.05, 3.63) is 65.2 Å². The number of ether oxygens (including phenoxy) is 1. The van der Waals surface area contributed by atoms with Crippen molar-refractivity contribution in [3.63, 3.8) is 0 Å². The molecule has 3 heteroatoms. The van der Waals surface area contributed by atoms with Crippen LogP contribution in [0.5, 0.6) is 5.75 Å². The summed E-state index contributed by atoms with van der Waals surface area (Å²) in [6.07, 6.45) is 4.32. The number of hydrogen-bond donors (Lipinski definition) is 1. The highest BCUT2D eigenvalue weighted by molar-refractivity contribution is 6.02. The van der Waals surface area contributed by atoms with Crippen LogP contribution in [0.2, 0.25) is 0 Å². The molecule has 0 bridgehead atoms. The number of benzene rings is 2. The Morgan fingerprint density at radius 1 is 1.13 bits per heavy atom. The van der Waals surface area contributed by atoms with E-state index < -0.39 is 0 Å². The van der Waals surface area contributed by atoms with Crippen molar-refractivity contribution in [1.29, 1.82) is 0 Å². The largest absolute Gasteiger partial charge is 0.494 e. The Morgan fingerprint density at radius 3 is 2.52 bits per heavy atom. The van der Waals surface area contributed by atoms with E-state index in [1.165, 1.54) is 5.56 Å². The van der Waals surface area contributed by atoms with Gasteiger partial charge in [0, 0.05) is 11.8 Å². The van der Waals surface area contributed by atoms with Crippen LogP contribution in [0, 0.1) is 13.8 Å². The second kappa shape index (κ2) is 8.18. The van der Waals surface area contributed by atoms with Crippen LogP contribution < -0.4 is 10.1 Å². The third-order valence-electron chi connectivity index (χ3n) is 3.42. The maximum Gasteiger partial charge on any atom is 0.248 e. The van der Waals surface area contributed by atoms with E-state index in [4.69, 9.17) is 4.74 Å². The first-order valence-corrected chi connectivity index (χ1v) is 7.87. The van der Waals surface area contributed by atoms with E-state index in [1.807, 2.05) is 56.3 Å². The smallest absolute Gasteiger partial charge is 0.248 e. The van der Waals surface area contributed by atoms with Crippen LogP contribution in [0.1, 0.15) is 30.0 Å². The van der Waals surface area contributed by atoms with Gasteiger partial charge in [0.05, 0.1) is 6.61 Å². The standard InChI is InChI=1S/C20H23NO2/c1-4-13-23-18-9-6-17(7-10-18)8-12-20(22)21-19-11-5-15(2)14-16(19)3/h5-12,14H,4,13H2,1-3H3,(H,21,22)/b12-8+. The van der Waals surface area contributed by atoms with E-state index >= 15 is 0 Å². The van der Waals surface area contributed by atoms with Crippen molar-refractivity contribution in [1.82, 2.24) is 0 Å². The monoisotopic (exact) mass is 309 g/mol. The number of anilines is 1. The summed E-state index contributed by atoms with van der Waals surface area (Å²) in [7, 11) is 0. The second-order valence-corrected chi connectivity index (χ2v) is 5.56. The molecule has 23 heavy (non-hydrogen) atoms. The van der Waals surface area contributed by atoms with Gasteiger partial charge in [-0.2, -0.15) is 0 Å². The van der Waals surface area contributed by atoms with Crippen molar-refractivity contribution in [3.8, 4) is 5.75 Å². The summed E-state index contributed by atoms with van der Waals surface area (Å²) in [5, 5.41) is 2.90. The fourth-order valence-electron chi connectivity index (χ4n) is 2.20. The maximum atomic E-state index is 12.0. The number of rotatable bonds is 6. The van der Waals surface area contributed by atoms with Gasteiger partial charge < -0.3 is 10.1 Å². The summed E-state index contributed by atoms with van der Waals surface area (Å²) in [5.74, 6) is 0.715. The molecule has 2 aromatic carbocycles. The summed E-state index contributed by atoms with van der Waals surface area (Å²) >= 11 is 0. The lowest BCUT2D eigenvalue weighted by Crippen LogP contribution is -2.08. The van der Waals surface area contributed by atoms with Crippen LogP contribution in [-0.2, 0) is 4.79 Å². The van der Waals surface area contributed by atoms with Crippen LogP contribution in [0.3, 0.4) is 0 Å². The Bertz CT molecular complexity index is 687. The fourth-order valence-corrected chi connectivity index (χ4v) is 2.20. The molecule has 1 amide bonds. The molecule has 0 unspecified atom stereocenters. The summed E-state index contributed by atoms with van der Waals surface area (Å²) in [5.41, 5.74) is 4.05. The number of nitrogens with one attached hydrogen (secondary N) is 1. The van der Waals surface area contributed by atoms with E-state index in [9.17, 15) is 4.79 Å². The molecule has 0 aromatic heterocycles. The first kappa shape index (κ1) is 16.8. The van der Waals surface area contributed by atoms with Gasteiger partial charge in [0.2, 0.25) is 5.91 Å². The molecule has 0 radical (unpaired) electrons. The normalized spacial score (nSPS) is 10.7. The van der Waals surface area contributed by atoms with Gasteiger partial charge in [-0.1, -0.05) is 36.8 Å². The van der Waals surface area contributed by atoms with Crippen molar-refractivity contribution in [2.45, 2.75) is 27.2 Å².